The third kappa shape index (κ3) is 5.03. The molecule has 0 N–H and O–H groups in total. The number of methoxy groups -OCH3 is 1. The standard InChI is InChI=1S/C16H12F4O6S/c1-4-5-11(9(2)17)14(21)10-6-7-12(15(22)25-3)13(8-10)26-27(23,24)16(18,19)20/h4-8H,1-2H2,3H3/b11-5+. The van der Waals surface area contributed by atoms with Gasteiger partial charge < -0.3 is 8.92 Å². The summed E-state index contributed by atoms with van der Waals surface area (Å²) >= 11 is 0. The van der Waals surface area contributed by atoms with Crippen molar-refractivity contribution in [2.45, 2.75) is 5.51 Å². The summed E-state index contributed by atoms with van der Waals surface area (Å²) in [5.41, 5.74) is -7.54. The van der Waals surface area contributed by atoms with Crippen LogP contribution in [0.4, 0.5) is 17.6 Å². The lowest BCUT2D eigenvalue weighted by Gasteiger charge is -2.13. The maximum atomic E-state index is 13.4. The Balaban J connectivity index is 3.56. The Morgan fingerprint density at radius 1 is 1.22 bits per heavy atom. The first-order valence-electron chi connectivity index (χ1n) is 6.81. The molecular formula is C16H12F4O6S. The number of ether oxygens (including phenoxy) is 1. The van der Waals surface area contributed by atoms with Gasteiger partial charge in [0.05, 0.1) is 12.7 Å². The van der Waals surface area contributed by atoms with Crippen molar-refractivity contribution in [3.05, 3.63) is 66.0 Å². The zero-order valence-electron chi connectivity index (χ0n) is 13.7. The Bertz CT molecular complexity index is 929. The van der Waals surface area contributed by atoms with Crippen molar-refractivity contribution in [1.29, 1.82) is 0 Å². The molecule has 0 spiro atoms. The lowest BCUT2D eigenvalue weighted by Crippen LogP contribution is -2.28. The number of alkyl halides is 3. The molecule has 27 heavy (non-hydrogen) atoms. The van der Waals surface area contributed by atoms with Crippen molar-refractivity contribution in [1.82, 2.24) is 0 Å². The van der Waals surface area contributed by atoms with Crippen LogP contribution in [0.2, 0.25) is 0 Å². The van der Waals surface area contributed by atoms with Crippen LogP contribution in [-0.2, 0) is 14.9 Å². The van der Waals surface area contributed by atoms with Gasteiger partial charge in [0.2, 0.25) is 0 Å². The third-order valence-corrected chi connectivity index (χ3v) is 3.92. The second kappa shape index (κ2) is 8.16. The van der Waals surface area contributed by atoms with Gasteiger partial charge in [-0.3, -0.25) is 4.79 Å². The molecule has 1 rings (SSSR count). The molecule has 0 saturated heterocycles. The van der Waals surface area contributed by atoms with Gasteiger partial charge >= 0.3 is 21.6 Å². The van der Waals surface area contributed by atoms with Gasteiger partial charge in [-0.25, -0.2) is 9.18 Å². The number of carbonyl (C=O) groups is 2. The molecule has 0 atom stereocenters. The first-order valence-corrected chi connectivity index (χ1v) is 8.21. The third-order valence-electron chi connectivity index (χ3n) is 2.95. The molecule has 0 saturated carbocycles. The van der Waals surface area contributed by atoms with E-state index < -0.39 is 55.7 Å². The number of halogens is 4. The van der Waals surface area contributed by atoms with Crippen molar-refractivity contribution < 1.29 is 44.5 Å². The number of rotatable bonds is 7. The summed E-state index contributed by atoms with van der Waals surface area (Å²) in [5.74, 6) is -4.57. The molecule has 6 nitrogen and oxygen atoms in total. The fourth-order valence-corrected chi connectivity index (χ4v) is 2.21. The number of carbonyl (C=O) groups excluding carboxylic acids is 2. The van der Waals surface area contributed by atoms with Crippen LogP contribution in [0.3, 0.4) is 0 Å². The summed E-state index contributed by atoms with van der Waals surface area (Å²) in [6.45, 7) is 6.21. The van der Waals surface area contributed by atoms with E-state index in [4.69, 9.17) is 0 Å². The summed E-state index contributed by atoms with van der Waals surface area (Å²) in [4.78, 5) is 23.9. The maximum Gasteiger partial charge on any atom is 0.534 e. The second-order valence-electron chi connectivity index (χ2n) is 4.74. The Kier molecular flexibility index (Phi) is 6.68. The summed E-state index contributed by atoms with van der Waals surface area (Å²) in [6.07, 6.45) is 2.01. The average molecular weight is 408 g/mol. The van der Waals surface area contributed by atoms with Crippen LogP contribution >= 0.6 is 0 Å². The topological polar surface area (TPSA) is 86.7 Å². The minimum Gasteiger partial charge on any atom is -0.465 e. The highest BCUT2D eigenvalue weighted by Gasteiger charge is 2.49. The van der Waals surface area contributed by atoms with E-state index in [-0.39, 0.29) is 0 Å². The van der Waals surface area contributed by atoms with Gasteiger partial charge in [-0.15, -0.1) is 0 Å². The summed E-state index contributed by atoms with van der Waals surface area (Å²) in [5, 5.41) is 0. The number of esters is 1. The zero-order chi connectivity index (χ0) is 21.0. The summed E-state index contributed by atoms with van der Waals surface area (Å²) in [7, 11) is -5.26. The predicted molar refractivity (Wildman–Crippen MR) is 86.2 cm³/mol. The number of benzene rings is 1. The van der Waals surface area contributed by atoms with Crippen LogP contribution in [0.5, 0.6) is 5.75 Å². The Morgan fingerprint density at radius 3 is 2.26 bits per heavy atom. The highest BCUT2D eigenvalue weighted by molar-refractivity contribution is 7.88. The van der Waals surface area contributed by atoms with E-state index in [2.05, 4.69) is 22.1 Å². The quantitative estimate of drug-likeness (QED) is 0.131. The molecule has 0 radical (unpaired) electrons. The van der Waals surface area contributed by atoms with E-state index >= 15 is 0 Å². The van der Waals surface area contributed by atoms with Crippen LogP contribution in [0, 0.1) is 0 Å². The summed E-state index contributed by atoms with van der Waals surface area (Å²) in [6, 6.07) is 2.28. The molecule has 0 fully saturated rings. The number of Topliss-reactive ketones (excluding diaryl/α,β-unsaturated/α-hetero) is 1. The van der Waals surface area contributed by atoms with Crippen LogP contribution < -0.4 is 4.18 Å². The Labute approximate surface area is 151 Å². The minimum atomic E-state index is -6.15. The summed E-state index contributed by atoms with van der Waals surface area (Å²) < 4.78 is 81.8. The molecule has 0 aliphatic carbocycles. The van der Waals surface area contributed by atoms with Crippen LogP contribution in [0.25, 0.3) is 0 Å². The van der Waals surface area contributed by atoms with Gasteiger partial charge in [0.25, 0.3) is 0 Å². The van der Waals surface area contributed by atoms with Gasteiger partial charge in [-0.05, 0) is 24.3 Å². The molecule has 0 bridgehead atoms. The molecule has 0 amide bonds. The predicted octanol–water partition coefficient (Wildman–Crippen LogP) is 3.48. The number of hydrogen-bond donors (Lipinski definition) is 0. The fourth-order valence-electron chi connectivity index (χ4n) is 1.74. The molecule has 1 aromatic carbocycles. The average Bonchev–Trinajstić information content (AvgIpc) is 2.56. The highest BCUT2D eigenvalue weighted by atomic mass is 32.2. The Hall–Kier alpha value is -2.95. The molecule has 1 aromatic rings. The molecule has 0 aromatic heterocycles. The number of ketones is 1. The monoisotopic (exact) mass is 408 g/mol. The normalized spacial score (nSPS) is 12.3. The van der Waals surface area contributed by atoms with E-state index in [9.17, 15) is 35.6 Å². The Morgan fingerprint density at radius 2 is 1.81 bits per heavy atom. The van der Waals surface area contributed by atoms with Gasteiger partial charge in [0, 0.05) is 5.56 Å². The zero-order valence-corrected chi connectivity index (χ0v) is 14.5. The van der Waals surface area contributed by atoms with E-state index in [0.717, 1.165) is 31.4 Å². The lowest BCUT2D eigenvalue weighted by atomic mass is 10.0. The first-order chi connectivity index (χ1) is 12.4. The van der Waals surface area contributed by atoms with E-state index in [1.807, 2.05) is 0 Å². The molecular weight excluding hydrogens is 396 g/mol. The fraction of sp³-hybridized carbons (Fsp3) is 0.125. The molecule has 0 aliphatic rings. The van der Waals surface area contributed by atoms with Crippen molar-refractivity contribution >= 4 is 21.9 Å². The van der Waals surface area contributed by atoms with Gasteiger partial charge in [-0.2, -0.15) is 21.6 Å². The highest BCUT2D eigenvalue weighted by Crippen LogP contribution is 2.31. The molecule has 11 heteroatoms. The minimum absolute atomic E-state index is 0.470. The number of hydrogen-bond acceptors (Lipinski definition) is 6. The van der Waals surface area contributed by atoms with Crippen molar-refractivity contribution in [2.75, 3.05) is 7.11 Å². The van der Waals surface area contributed by atoms with E-state index in [0.29, 0.717) is 6.07 Å². The van der Waals surface area contributed by atoms with Crippen LogP contribution in [-0.4, -0.2) is 32.8 Å². The largest absolute Gasteiger partial charge is 0.534 e. The lowest BCUT2D eigenvalue weighted by molar-refractivity contribution is -0.0500. The molecule has 146 valence electrons. The molecule has 0 unspecified atom stereocenters. The molecule has 0 heterocycles. The van der Waals surface area contributed by atoms with Crippen LogP contribution in [0.15, 0.2) is 54.9 Å². The molecule has 0 aliphatic heterocycles. The number of allylic oxidation sites excluding steroid dienone is 4. The van der Waals surface area contributed by atoms with Crippen molar-refractivity contribution in [3.8, 4) is 5.75 Å². The van der Waals surface area contributed by atoms with E-state index in [1.165, 1.54) is 0 Å². The van der Waals surface area contributed by atoms with Gasteiger partial charge in [-0.1, -0.05) is 19.2 Å². The first kappa shape index (κ1) is 22.1. The van der Waals surface area contributed by atoms with E-state index in [1.54, 1.807) is 0 Å². The second-order valence-corrected chi connectivity index (χ2v) is 6.27. The SMILES string of the molecule is C=C/C=C(\C(=C)F)C(=O)c1ccc(C(=O)OC)c(OS(=O)(=O)C(F)(F)F)c1. The van der Waals surface area contributed by atoms with Crippen LogP contribution in [0.1, 0.15) is 20.7 Å². The maximum absolute atomic E-state index is 13.4. The smallest absolute Gasteiger partial charge is 0.465 e. The van der Waals surface area contributed by atoms with Crippen molar-refractivity contribution in [2.24, 2.45) is 0 Å². The van der Waals surface area contributed by atoms with Crippen molar-refractivity contribution in [3.63, 3.8) is 0 Å². The van der Waals surface area contributed by atoms with Gasteiger partial charge in [0.1, 0.15) is 11.4 Å². The van der Waals surface area contributed by atoms with Gasteiger partial charge in [0.15, 0.2) is 11.5 Å².